The van der Waals surface area contributed by atoms with E-state index in [2.05, 4.69) is 20.8 Å². The summed E-state index contributed by atoms with van der Waals surface area (Å²) in [5.41, 5.74) is 3.18. The summed E-state index contributed by atoms with van der Waals surface area (Å²) in [6.07, 6.45) is 2.10. The van der Waals surface area contributed by atoms with Gasteiger partial charge in [-0.3, -0.25) is 9.59 Å². The van der Waals surface area contributed by atoms with E-state index in [0.717, 1.165) is 18.5 Å². The standard InChI is InChI=1S/C22H24N4O4/c1-11(2)19-18-14(10-15(12-5-6-12)25-22(18)30-26-19)21(28)24-16-9-13(20(27)23-3)7-8-17(16)29-4/h7-12H,5-6H2,1-4H3,(H,23,27)(H,24,28). The molecule has 0 bridgehead atoms. The number of aromatic nitrogens is 2. The molecule has 8 heteroatoms. The molecule has 4 rings (SSSR count). The van der Waals surface area contributed by atoms with E-state index in [1.165, 1.54) is 7.11 Å². The minimum Gasteiger partial charge on any atom is -0.495 e. The van der Waals surface area contributed by atoms with Crippen molar-refractivity contribution < 1.29 is 18.8 Å². The third-order valence-electron chi connectivity index (χ3n) is 5.22. The molecule has 1 saturated carbocycles. The molecule has 1 aliphatic carbocycles. The van der Waals surface area contributed by atoms with Crippen molar-refractivity contribution in [2.24, 2.45) is 0 Å². The number of benzene rings is 1. The Morgan fingerprint density at radius 2 is 1.97 bits per heavy atom. The number of amides is 2. The molecule has 3 aromatic rings. The van der Waals surface area contributed by atoms with E-state index in [9.17, 15) is 9.59 Å². The zero-order chi connectivity index (χ0) is 21.4. The first-order valence-corrected chi connectivity index (χ1v) is 9.94. The van der Waals surface area contributed by atoms with Crippen LogP contribution < -0.4 is 15.4 Å². The second-order valence-corrected chi connectivity index (χ2v) is 7.72. The maximum atomic E-state index is 13.4. The molecule has 156 valence electrons. The highest BCUT2D eigenvalue weighted by molar-refractivity contribution is 6.13. The number of pyridine rings is 1. The molecule has 0 aliphatic heterocycles. The molecule has 8 nitrogen and oxygen atoms in total. The molecule has 1 aliphatic rings. The van der Waals surface area contributed by atoms with Gasteiger partial charge in [0.15, 0.2) is 0 Å². The van der Waals surface area contributed by atoms with Gasteiger partial charge in [-0.1, -0.05) is 19.0 Å². The largest absolute Gasteiger partial charge is 0.495 e. The SMILES string of the molecule is CNC(=O)c1ccc(OC)c(NC(=O)c2cc(C3CC3)nc3onc(C(C)C)c23)c1. The average molecular weight is 408 g/mol. The molecule has 0 radical (unpaired) electrons. The molecule has 30 heavy (non-hydrogen) atoms. The Labute approximate surface area is 174 Å². The molecule has 2 N–H and O–H groups in total. The number of carbonyl (C=O) groups excluding carboxylic acids is 2. The summed E-state index contributed by atoms with van der Waals surface area (Å²) in [5.74, 6) is 0.286. The molecule has 0 saturated heterocycles. The Morgan fingerprint density at radius 1 is 1.20 bits per heavy atom. The number of nitrogens with one attached hydrogen (secondary N) is 2. The van der Waals surface area contributed by atoms with Gasteiger partial charge >= 0.3 is 0 Å². The van der Waals surface area contributed by atoms with Crippen LogP contribution >= 0.6 is 0 Å². The van der Waals surface area contributed by atoms with Gasteiger partial charge in [-0.25, -0.2) is 4.98 Å². The Bertz CT molecular complexity index is 1130. The molecule has 1 aromatic carbocycles. The van der Waals surface area contributed by atoms with E-state index in [0.29, 0.717) is 45.3 Å². The van der Waals surface area contributed by atoms with Crippen molar-refractivity contribution in [3.05, 3.63) is 46.8 Å². The first-order valence-electron chi connectivity index (χ1n) is 9.94. The summed E-state index contributed by atoms with van der Waals surface area (Å²) < 4.78 is 10.8. The lowest BCUT2D eigenvalue weighted by Crippen LogP contribution is -2.19. The number of hydrogen-bond donors (Lipinski definition) is 2. The highest BCUT2D eigenvalue weighted by Crippen LogP contribution is 2.41. The van der Waals surface area contributed by atoms with Gasteiger partial charge in [0.1, 0.15) is 5.75 Å². The van der Waals surface area contributed by atoms with Gasteiger partial charge in [-0.2, -0.15) is 0 Å². The van der Waals surface area contributed by atoms with Crippen LogP contribution in [-0.4, -0.2) is 36.1 Å². The van der Waals surface area contributed by atoms with Gasteiger partial charge in [-0.15, -0.1) is 0 Å². The Hall–Kier alpha value is -3.42. The van der Waals surface area contributed by atoms with Crippen LogP contribution in [0.25, 0.3) is 11.1 Å². The number of nitrogens with zero attached hydrogens (tertiary/aromatic N) is 2. The van der Waals surface area contributed by atoms with Crippen LogP contribution in [0.15, 0.2) is 28.8 Å². The number of methoxy groups -OCH3 is 1. The zero-order valence-electron chi connectivity index (χ0n) is 17.4. The molecule has 2 aromatic heterocycles. The first kappa shape index (κ1) is 19.9. The summed E-state index contributed by atoms with van der Waals surface area (Å²) in [6, 6.07) is 6.71. The minimum absolute atomic E-state index is 0.0671. The summed E-state index contributed by atoms with van der Waals surface area (Å²) in [6.45, 7) is 3.98. The van der Waals surface area contributed by atoms with E-state index in [4.69, 9.17) is 9.26 Å². The van der Waals surface area contributed by atoms with Crippen LogP contribution in [0, 0.1) is 0 Å². The van der Waals surface area contributed by atoms with Gasteiger partial charge in [-0.05, 0) is 43.0 Å². The van der Waals surface area contributed by atoms with Crippen LogP contribution in [0.3, 0.4) is 0 Å². The third-order valence-corrected chi connectivity index (χ3v) is 5.22. The predicted octanol–water partition coefficient (Wildman–Crippen LogP) is 3.84. The maximum Gasteiger partial charge on any atom is 0.259 e. The lowest BCUT2D eigenvalue weighted by molar-refractivity contribution is 0.0961. The van der Waals surface area contributed by atoms with E-state index in [1.807, 2.05) is 19.9 Å². The fourth-order valence-corrected chi connectivity index (χ4v) is 3.43. The molecule has 0 unspecified atom stereocenters. The van der Waals surface area contributed by atoms with Gasteiger partial charge in [0.05, 0.1) is 29.4 Å². The Morgan fingerprint density at radius 3 is 2.60 bits per heavy atom. The number of carbonyl (C=O) groups is 2. The zero-order valence-corrected chi connectivity index (χ0v) is 17.4. The first-order chi connectivity index (χ1) is 14.4. The van der Waals surface area contributed by atoms with Crippen molar-refractivity contribution in [2.45, 2.75) is 38.5 Å². The molecule has 2 amide bonds. The third kappa shape index (κ3) is 3.60. The second-order valence-electron chi connectivity index (χ2n) is 7.72. The molecule has 2 heterocycles. The average Bonchev–Trinajstić information content (AvgIpc) is 3.50. The highest BCUT2D eigenvalue weighted by Gasteiger charge is 2.29. The van der Waals surface area contributed by atoms with Crippen molar-refractivity contribution >= 4 is 28.6 Å². The lowest BCUT2D eigenvalue weighted by atomic mass is 10.0. The van der Waals surface area contributed by atoms with E-state index in [1.54, 1.807) is 25.2 Å². The van der Waals surface area contributed by atoms with Crippen molar-refractivity contribution in [1.82, 2.24) is 15.5 Å². The van der Waals surface area contributed by atoms with Crippen molar-refractivity contribution in [3.8, 4) is 5.75 Å². The van der Waals surface area contributed by atoms with Gasteiger partial charge in [0, 0.05) is 24.2 Å². The molecular formula is C22H24N4O4. The predicted molar refractivity (Wildman–Crippen MR) is 112 cm³/mol. The monoisotopic (exact) mass is 408 g/mol. The number of anilines is 1. The van der Waals surface area contributed by atoms with Crippen molar-refractivity contribution in [3.63, 3.8) is 0 Å². The quantitative estimate of drug-likeness (QED) is 0.642. The highest BCUT2D eigenvalue weighted by atomic mass is 16.5. The maximum absolute atomic E-state index is 13.4. The summed E-state index contributed by atoms with van der Waals surface area (Å²) in [7, 11) is 3.06. The number of hydrogen-bond acceptors (Lipinski definition) is 6. The van der Waals surface area contributed by atoms with E-state index >= 15 is 0 Å². The normalized spacial score (nSPS) is 13.5. The van der Waals surface area contributed by atoms with Gasteiger partial charge < -0.3 is 19.9 Å². The molecule has 1 fully saturated rings. The molecule has 0 spiro atoms. The van der Waals surface area contributed by atoms with Gasteiger partial charge in [0.25, 0.3) is 17.5 Å². The van der Waals surface area contributed by atoms with E-state index < -0.39 is 0 Å². The van der Waals surface area contributed by atoms with Crippen LogP contribution in [0.2, 0.25) is 0 Å². The lowest BCUT2D eigenvalue weighted by Gasteiger charge is -2.13. The smallest absolute Gasteiger partial charge is 0.259 e. The molecule has 0 atom stereocenters. The van der Waals surface area contributed by atoms with Crippen molar-refractivity contribution in [1.29, 1.82) is 0 Å². The summed E-state index contributed by atoms with van der Waals surface area (Å²) >= 11 is 0. The minimum atomic E-state index is -0.332. The second kappa shape index (κ2) is 7.78. The topological polar surface area (TPSA) is 106 Å². The summed E-state index contributed by atoms with van der Waals surface area (Å²) in [5, 5.41) is 10.2. The number of rotatable bonds is 6. The van der Waals surface area contributed by atoms with Crippen LogP contribution in [0.1, 0.15) is 70.6 Å². The van der Waals surface area contributed by atoms with Crippen LogP contribution in [0.5, 0.6) is 5.75 Å². The van der Waals surface area contributed by atoms with Crippen LogP contribution in [-0.2, 0) is 0 Å². The van der Waals surface area contributed by atoms with E-state index in [-0.39, 0.29) is 17.7 Å². The number of ether oxygens (including phenoxy) is 1. The van der Waals surface area contributed by atoms with Crippen LogP contribution in [0.4, 0.5) is 5.69 Å². The number of fused-ring (bicyclic) bond motifs is 1. The fraction of sp³-hybridized carbons (Fsp3) is 0.364. The molecular weight excluding hydrogens is 384 g/mol. The Balaban J connectivity index is 1.78. The van der Waals surface area contributed by atoms with Gasteiger partial charge in [0.2, 0.25) is 0 Å². The van der Waals surface area contributed by atoms with Crippen molar-refractivity contribution in [2.75, 3.05) is 19.5 Å². The summed E-state index contributed by atoms with van der Waals surface area (Å²) in [4.78, 5) is 29.9. The Kier molecular flexibility index (Phi) is 5.15. The fourth-order valence-electron chi connectivity index (χ4n) is 3.43.